The Balaban J connectivity index is 2.08. The molecule has 1 atom stereocenters. The number of carbonyl (C=O) groups excluding carboxylic acids is 1. The lowest BCUT2D eigenvalue weighted by Crippen LogP contribution is -2.47. The highest BCUT2D eigenvalue weighted by Gasteiger charge is 2.30. The van der Waals surface area contributed by atoms with Crippen molar-refractivity contribution < 1.29 is 27.4 Å². The van der Waals surface area contributed by atoms with Crippen molar-refractivity contribution in [3.63, 3.8) is 0 Å². The van der Waals surface area contributed by atoms with Gasteiger partial charge in [0.15, 0.2) is 6.61 Å². The SMILES string of the molecule is O=C(COc1ccccc1S(=O)(=O)C[P+](=O)O)N1CCNCC1. The van der Waals surface area contributed by atoms with E-state index in [1.807, 2.05) is 0 Å². The first-order valence-electron chi connectivity index (χ1n) is 6.97. The second-order valence-electron chi connectivity index (χ2n) is 4.96. The number of para-hydroxylation sites is 1. The Hall–Kier alpha value is -1.54. The number of nitrogens with zero attached hydrogens (tertiary/aromatic N) is 1. The number of piperazine rings is 1. The number of benzene rings is 1. The van der Waals surface area contributed by atoms with Crippen LogP contribution in [0.3, 0.4) is 0 Å². The molecule has 1 unspecified atom stereocenters. The van der Waals surface area contributed by atoms with Crippen LogP contribution in [-0.4, -0.2) is 62.4 Å². The van der Waals surface area contributed by atoms with Gasteiger partial charge >= 0.3 is 8.03 Å². The molecule has 1 aromatic carbocycles. The van der Waals surface area contributed by atoms with E-state index in [2.05, 4.69) is 5.32 Å². The van der Waals surface area contributed by atoms with Gasteiger partial charge in [0.25, 0.3) is 11.4 Å². The first-order chi connectivity index (χ1) is 10.9. The number of nitrogens with one attached hydrogen (secondary N) is 1. The van der Waals surface area contributed by atoms with Crippen LogP contribution in [0.15, 0.2) is 29.2 Å². The van der Waals surface area contributed by atoms with Gasteiger partial charge in [-0.25, -0.2) is 8.42 Å². The van der Waals surface area contributed by atoms with Crippen molar-refractivity contribution in [2.45, 2.75) is 4.90 Å². The number of hydrogen-bond donors (Lipinski definition) is 2. The molecule has 0 saturated carbocycles. The Morgan fingerprint density at radius 2 is 1.96 bits per heavy atom. The van der Waals surface area contributed by atoms with E-state index in [9.17, 15) is 17.8 Å². The number of sulfone groups is 1. The lowest BCUT2D eigenvalue weighted by Gasteiger charge is -2.27. The molecule has 8 nitrogen and oxygen atoms in total. The summed E-state index contributed by atoms with van der Waals surface area (Å²) >= 11 is 0. The predicted octanol–water partition coefficient (Wildman–Crippen LogP) is -0.0369. The molecule has 0 bridgehead atoms. The summed E-state index contributed by atoms with van der Waals surface area (Å²) in [5, 5.41) is 3.13. The van der Waals surface area contributed by atoms with Crippen LogP contribution in [0.4, 0.5) is 0 Å². The number of hydrogen-bond acceptors (Lipinski definition) is 6. The molecule has 1 aliphatic rings. The molecule has 1 aliphatic heterocycles. The Labute approximate surface area is 135 Å². The average Bonchev–Trinajstić information content (AvgIpc) is 2.52. The van der Waals surface area contributed by atoms with E-state index >= 15 is 0 Å². The highest BCUT2D eigenvalue weighted by atomic mass is 32.2. The Bertz CT molecular complexity index is 687. The predicted molar refractivity (Wildman–Crippen MR) is 83.3 cm³/mol. The zero-order valence-electron chi connectivity index (χ0n) is 12.3. The maximum Gasteiger partial charge on any atom is 0.522 e. The van der Waals surface area contributed by atoms with E-state index < -0.39 is 23.4 Å². The van der Waals surface area contributed by atoms with Crippen LogP contribution >= 0.6 is 8.03 Å². The molecule has 1 fully saturated rings. The van der Waals surface area contributed by atoms with E-state index in [1.165, 1.54) is 18.2 Å². The summed E-state index contributed by atoms with van der Waals surface area (Å²) in [6, 6.07) is 5.77. The summed E-state index contributed by atoms with van der Waals surface area (Å²) in [6.07, 6.45) is 0. The van der Waals surface area contributed by atoms with Gasteiger partial charge in [0, 0.05) is 26.2 Å². The summed E-state index contributed by atoms with van der Waals surface area (Å²) < 4.78 is 40.4. The molecule has 0 radical (unpaired) electrons. The number of ether oxygens (including phenoxy) is 1. The third-order valence-electron chi connectivity index (χ3n) is 3.29. The lowest BCUT2D eigenvalue weighted by molar-refractivity contribution is -0.133. The summed E-state index contributed by atoms with van der Waals surface area (Å²) in [6.45, 7) is 2.29. The summed E-state index contributed by atoms with van der Waals surface area (Å²) in [4.78, 5) is 22.3. The maximum atomic E-state index is 12.1. The standard InChI is InChI=1S/C13H17N2O6PS/c16-13(15-7-5-14-6-8-15)9-21-11-3-1-2-4-12(11)23(19,20)10-22(17)18/h1-4,14H,5-10H2/p+1. The molecule has 2 N–H and O–H groups in total. The van der Waals surface area contributed by atoms with Gasteiger partial charge in [0.2, 0.25) is 9.84 Å². The quantitative estimate of drug-likeness (QED) is 0.684. The second-order valence-corrected chi connectivity index (χ2v) is 8.37. The van der Waals surface area contributed by atoms with Gasteiger partial charge in [-0.05, 0) is 16.7 Å². The molecule has 0 spiro atoms. The molecule has 1 amide bonds. The molecular weight excluding hydrogens is 343 g/mol. The van der Waals surface area contributed by atoms with Crippen molar-refractivity contribution in [1.29, 1.82) is 0 Å². The molecule has 0 aliphatic carbocycles. The first-order valence-corrected chi connectivity index (χ1v) is 10.0. The molecule has 1 heterocycles. The van der Waals surface area contributed by atoms with Crippen LogP contribution in [-0.2, 0) is 19.2 Å². The Morgan fingerprint density at radius 3 is 2.61 bits per heavy atom. The minimum atomic E-state index is -3.96. The van der Waals surface area contributed by atoms with E-state index in [4.69, 9.17) is 9.63 Å². The van der Waals surface area contributed by atoms with Crippen molar-refractivity contribution in [3.8, 4) is 5.75 Å². The molecule has 0 aromatic heterocycles. The van der Waals surface area contributed by atoms with E-state index in [-0.39, 0.29) is 23.2 Å². The second kappa shape index (κ2) is 7.83. The Kier molecular flexibility index (Phi) is 6.06. The number of amides is 1. The van der Waals surface area contributed by atoms with E-state index in [0.717, 1.165) is 0 Å². The van der Waals surface area contributed by atoms with E-state index in [1.54, 1.807) is 11.0 Å². The van der Waals surface area contributed by atoms with Crippen LogP contribution in [0.1, 0.15) is 0 Å². The topological polar surface area (TPSA) is 113 Å². The maximum absolute atomic E-state index is 12.1. The average molecular weight is 361 g/mol. The van der Waals surface area contributed by atoms with Crippen LogP contribution in [0, 0.1) is 0 Å². The van der Waals surface area contributed by atoms with Gasteiger partial charge in [0.1, 0.15) is 10.6 Å². The van der Waals surface area contributed by atoms with Crippen LogP contribution < -0.4 is 10.1 Å². The van der Waals surface area contributed by atoms with E-state index in [0.29, 0.717) is 26.2 Å². The highest BCUT2D eigenvalue weighted by molar-refractivity contribution is 7.96. The van der Waals surface area contributed by atoms with Crippen molar-refractivity contribution in [3.05, 3.63) is 24.3 Å². The zero-order chi connectivity index (χ0) is 16.9. The molecule has 1 saturated heterocycles. The lowest BCUT2D eigenvalue weighted by atomic mass is 10.3. The third-order valence-corrected chi connectivity index (χ3v) is 6.54. The minimum Gasteiger partial charge on any atom is -0.482 e. The van der Waals surface area contributed by atoms with Crippen molar-refractivity contribution in [2.75, 3.05) is 38.3 Å². The molecule has 1 aromatic rings. The molecule has 126 valence electrons. The fourth-order valence-corrected chi connectivity index (χ4v) is 4.63. The van der Waals surface area contributed by atoms with Crippen molar-refractivity contribution in [1.82, 2.24) is 10.2 Å². The molecule has 2 rings (SSSR count). The van der Waals surface area contributed by atoms with Gasteiger partial charge in [-0.1, -0.05) is 12.1 Å². The van der Waals surface area contributed by atoms with Crippen molar-refractivity contribution >= 4 is 23.8 Å². The molecule has 10 heteroatoms. The highest BCUT2D eigenvalue weighted by Crippen LogP contribution is 2.29. The van der Waals surface area contributed by atoms with Gasteiger partial charge in [-0.3, -0.25) is 4.79 Å². The van der Waals surface area contributed by atoms with Gasteiger partial charge in [-0.2, -0.15) is 4.89 Å². The van der Waals surface area contributed by atoms with Crippen LogP contribution in [0.2, 0.25) is 0 Å². The summed E-state index contributed by atoms with van der Waals surface area (Å²) in [5.74, 6) is -0.222. The third kappa shape index (κ3) is 4.97. The Morgan fingerprint density at radius 1 is 1.30 bits per heavy atom. The van der Waals surface area contributed by atoms with Gasteiger partial charge in [-0.15, -0.1) is 0 Å². The van der Waals surface area contributed by atoms with Crippen molar-refractivity contribution in [2.24, 2.45) is 0 Å². The largest absolute Gasteiger partial charge is 0.522 e. The zero-order valence-corrected chi connectivity index (χ0v) is 14.1. The normalized spacial score (nSPS) is 16.0. The fourth-order valence-electron chi connectivity index (χ4n) is 2.19. The summed E-state index contributed by atoms with van der Waals surface area (Å²) in [5.41, 5.74) is -0.881. The smallest absolute Gasteiger partial charge is 0.482 e. The van der Waals surface area contributed by atoms with Gasteiger partial charge in [0.05, 0.1) is 0 Å². The monoisotopic (exact) mass is 361 g/mol. The molecular formula is C13H18N2O6PS+. The fraction of sp³-hybridized carbons (Fsp3) is 0.462. The van der Waals surface area contributed by atoms with Crippen LogP contribution in [0.25, 0.3) is 0 Å². The van der Waals surface area contributed by atoms with Gasteiger partial charge < -0.3 is 15.0 Å². The van der Waals surface area contributed by atoms with Crippen LogP contribution in [0.5, 0.6) is 5.75 Å². The summed E-state index contributed by atoms with van der Waals surface area (Å²) in [7, 11) is -6.79. The number of carbonyl (C=O) groups is 1. The minimum absolute atomic E-state index is 0.00725. The number of rotatable bonds is 6. The first kappa shape index (κ1) is 17.8. The molecule has 23 heavy (non-hydrogen) atoms.